The van der Waals surface area contributed by atoms with Crippen molar-refractivity contribution in [1.82, 2.24) is 4.90 Å². The molecule has 21 heavy (non-hydrogen) atoms. The first-order chi connectivity index (χ1) is 10.3. The summed E-state index contributed by atoms with van der Waals surface area (Å²) in [4.78, 5) is 2.50. The molecule has 2 nitrogen and oxygen atoms in total. The summed E-state index contributed by atoms with van der Waals surface area (Å²) in [6.45, 7) is 7.30. The minimum atomic E-state index is 0.563. The zero-order valence-corrected chi connectivity index (χ0v) is 12.7. The second-order valence-corrected chi connectivity index (χ2v) is 5.80. The predicted octanol–water partition coefficient (Wildman–Crippen LogP) is 3.79. The number of hydrogen-bond acceptors (Lipinski definition) is 2. The van der Waals surface area contributed by atoms with E-state index in [9.17, 15) is 0 Å². The third-order valence-corrected chi connectivity index (χ3v) is 4.22. The summed E-state index contributed by atoms with van der Waals surface area (Å²) in [5, 5.41) is 0. The second-order valence-electron chi connectivity index (χ2n) is 5.80. The van der Waals surface area contributed by atoms with Crippen LogP contribution in [0.15, 0.2) is 54.6 Å². The lowest BCUT2D eigenvalue weighted by molar-refractivity contribution is 0.0357. The smallest absolute Gasteiger partial charge is 0.0594 e. The van der Waals surface area contributed by atoms with Gasteiger partial charge in [-0.3, -0.25) is 4.90 Å². The van der Waals surface area contributed by atoms with Gasteiger partial charge in [0.25, 0.3) is 0 Å². The van der Waals surface area contributed by atoms with E-state index in [1.165, 1.54) is 16.7 Å². The molecule has 1 aliphatic rings. The van der Waals surface area contributed by atoms with Crippen molar-refractivity contribution in [3.63, 3.8) is 0 Å². The maximum absolute atomic E-state index is 5.41. The van der Waals surface area contributed by atoms with Crippen LogP contribution >= 0.6 is 0 Å². The summed E-state index contributed by atoms with van der Waals surface area (Å²) < 4.78 is 5.41. The van der Waals surface area contributed by atoms with E-state index in [1.54, 1.807) is 0 Å². The van der Waals surface area contributed by atoms with Gasteiger partial charge in [-0.1, -0.05) is 61.5 Å². The molecule has 0 radical (unpaired) electrons. The van der Waals surface area contributed by atoms with Crippen molar-refractivity contribution in [2.24, 2.45) is 0 Å². The van der Waals surface area contributed by atoms with Crippen molar-refractivity contribution in [2.45, 2.75) is 12.8 Å². The molecule has 1 atom stereocenters. The van der Waals surface area contributed by atoms with Gasteiger partial charge in [-0.25, -0.2) is 0 Å². The fraction of sp³-hybridized carbons (Fsp3) is 0.368. The Morgan fingerprint density at radius 2 is 1.52 bits per heavy atom. The lowest BCUT2D eigenvalue weighted by Crippen LogP contribution is -2.38. The topological polar surface area (TPSA) is 12.5 Å². The van der Waals surface area contributed by atoms with Gasteiger partial charge < -0.3 is 4.74 Å². The van der Waals surface area contributed by atoms with Gasteiger partial charge in [0.2, 0.25) is 0 Å². The summed E-state index contributed by atoms with van der Waals surface area (Å²) in [5.41, 5.74) is 3.99. The zero-order chi connectivity index (χ0) is 14.5. The Bertz CT molecular complexity index is 544. The van der Waals surface area contributed by atoms with Gasteiger partial charge in [0.05, 0.1) is 13.2 Å². The van der Waals surface area contributed by atoms with Crippen LogP contribution < -0.4 is 0 Å². The summed E-state index contributed by atoms with van der Waals surface area (Å²) in [5.74, 6) is 0.563. The molecule has 1 fully saturated rings. The molecule has 1 saturated heterocycles. The maximum Gasteiger partial charge on any atom is 0.0594 e. The molecule has 0 spiro atoms. The third-order valence-electron chi connectivity index (χ3n) is 4.22. The van der Waals surface area contributed by atoms with E-state index in [0.29, 0.717) is 5.92 Å². The molecule has 110 valence electrons. The monoisotopic (exact) mass is 281 g/mol. The Labute approximate surface area is 127 Å². The molecular weight excluding hydrogens is 258 g/mol. The largest absolute Gasteiger partial charge is 0.379 e. The summed E-state index contributed by atoms with van der Waals surface area (Å²) >= 11 is 0. The quantitative estimate of drug-likeness (QED) is 0.845. The summed E-state index contributed by atoms with van der Waals surface area (Å²) in [6.07, 6.45) is 0. The maximum atomic E-state index is 5.41. The Hall–Kier alpha value is -1.64. The van der Waals surface area contributed by atoms with Crippen LogP contribution in [0.3, 0.4) is 0 Å². The molecule has 0 N–H and O–H groups in total. The highest BCUT2D eigenvalue weighted by molar-refractivity contribution is 5.63. The van der Waals surface area contributed by atoms with Gasteiger partial charge in [0.1, 0.15) is 0 Å². The molecule has 0 bridgehead atoms. The fourth-order valence-electron chi connectivity index (χ4n) is 2.91. The second kappa shape index (κ2) is 6.88. The Morgan fingerprint density at radius 3 is 2.19 bits per heavy atom. The predicted molar refractivity (Wildman–Crippen MR) is 87.6 cm³/mol. The molecule has 0 aliphatic carbocycles. The van der Waals surface area contributed by atoms with E-state index in [0.717, 1.165) is 32.8 Å². The molecule has 0 amide bonds. The summed E-state index contributed by atoms with van der Waals surface area (Å²) in [6, 6.07) is 19.6. The van der Waals surface area contributed by atoms with Crippen LogP contribution in [-0.2, 0) is 4.74 Å². The highest BCUT2D eigenvalue weighted by Gasteiger charge is 2.14. The van der Waals surface area contributed by atoms with E-state index in [4.69, 9.17) is 4.74 Å². The number of hydrogen-bond donors (Lipinski definition) is 0. The van der Waals surface area contributed by atoms with Crippen LogP contribution in [0.2, 0.25) is 0 Å². The first-order valence-corrected chi connectivity index (χ1v) is 7.78. The van der Waals surface area contributed by atoms with Crippen molar-refractivity contribution in [3.05, 3.63) is 60.2 Å². The lowest BCUT2D eigenvalue weighted by atomic mass is 9.97. The van der Waals surface area contributed by atoms with Crippen molar-refractivity contribution in [3.8, 4) is 11.1 Å². The third kappa shape index (κ3) is 3.72. The van der Waals surface area contributed by atoms with Gasteiger partial charge in [0.15, 0.2) is 0 Å². The number of benzene rings is 2. The molecule has 2 aromatic carbocycles. The van der Waals surface area contributed by atoms with Crippen LogP contribution in [0.5, 0.6) is 0 Å². The normalized spacial score (nSPS) is 17.6. The van der Waals surface area contributed by atoms with E-state index < -0.39 is 0 Å². The van der Waals surface area contributed by atoms with Crippen molar-refractivity contribution >= 4 is 0 Å². The number of rotatable bonds is 4. The minimum absolute atomic E-state index is 0.563. The average molecular weight is 281 g/mol. The van der Waals surface area contributed by atoms with Gasteiger partial charge in [0, 0.05) is 19.6 Å². The average Bonchev–Trinajstić information content (AvgIpc) is 2.57. The van der Waals surface area contributed by atoms with Crippen molar-refractivity contribution < 1.29 is 4.74 Å². The number of morpholine rings is 1. The molecule has 2 aromatic rings. The molecule has 2 heteroatoms. The molecule has 0 aromatic heterocycles. The molecular formula is C19H23NO. The number of ether oxygens (including phenoxy) is 1. The molecule has 0 saturated carbocycles. The zero-order valence-electron chi connectivity index (χ0n) is 12.7. The van der Waals surface area contributed by atoms with Crippen molar-refractivity contribution in [2.75, 3.05) is 32.8 Å². The Balaban J connectivity index is 1.66. The Morgan fingerprint density at radius 1 is 0.905 bits per heavy atom. The highest BCUT2D eigenvalue weighted by Crippen LogP contribution is 2.23. The standard InChI is InChI=1S/C19H23NO/c1-16(15-20-11-13-21-14-12-20)17-7-9-19(10-8-17)18-5-3-2-4-6-18/h2-10,16H,11-15H2,1H3. The van der Waals surface area contributed by atoms with Crippen LogP contribution in [0, 0.1) is 0 Å². The van der Waals surface area contributed by atoms with E-state index in [1.807, 2.05) is 0 Å². The highest BCUT2D eigenvalue weighted by atomic mass is 16.5. The lowest BCUT2D eigenvalue weighted by Gasteiger charge is -2.29. The molecule has 1 unspecified atom stereocenters. The Kier molecular flexibility index (Phi) is 4.69. The van der Waals surface area contributed by atoms with Gasteiger partial charge in [-0.15, -0.1) is 0 Å². The van der Waals surface area contributed by atoms with E-state index in [-0.39, 0.29) is 0 Å². The van der Waals surface area contributed by atoms with Gasteiger partial charge in [-0.05, 0) is 22.6 Å². The van der Waals surface area contributed by atoms with E-state index >= 15 is 0 Å². The fourth-order valence-corrected chi connectivity index (χ4v) is 2.91. The molecule has 3 rings (SSSR count). The first kappa shape index (κ1) is 14.3. The summed E-state index contributed by atoms with van der Waals surface area (Å²) in [7, 11) is 0. The van der Waals surface area contributed by atoms with Crippen LogP contribution in [0.4, 0.5) is 0 Å². The van der Waals surface area contributed by atoms with Crippen LogP contribution in [0.25, 0.3) is 11.1 Å². The van der Waals surface area contributed by atoms with Crippen molar-refractivity contribution in [1.29, 1.82) is 0 Å². The minimum Gasteiger partial charge on any atom is -0.379 e. The van der Waals surface area contributed by atoms with Gasteiger partial charge in [-0.2, -0.15) is 0 Å². The SMILES string of the molecule is CC(CN1CCOCC1)c1ccc(-c2ccccc2)cc1. The molecule has 1 aliphatic heterocycles. The van der Waals surface area contributed by atoms with E-state index in [2.05, 4.69) is 66.4 Å². The molecule has 1 heterocycles. The van der Waals surface area contributed by atoms with Crippen LogP contribution in [0.1, 0.15) is 18.4 Å². The van der Waals surface area contributed by atoms with Crippen LogP contribution in [-0.4, -0.2) is 37.7 Å². The first-order valence-electron chi connectivity index (χ1n) is 7.78. The van der Waals surface area contributed by atoms with Gasteiger partial charge >= 0.3 is 0 Å². The number of nitrogens with zero attached hydrogens (tertiary/aromatic N) is 1.